The molecular formula is C21H20N4O2. The summed E-state index contributed by atoms with van der Waals surface area (Å²) in [5.41, 5.74) is 3.63. The van der Waals surface area contributed by atoms with Crippen molar-refractivity contribution in [1.29, 1.82) is 0 Å². The SMILES string of the molecule is Cc1cccc(CNC(=O)c2cc(C(=O)NCc3cccnc3)ccn2)c1. The van der Waals surface area contributed by atoms with Gasteiger partial charge in [-0.15, -0.1) is 0 Å². The molecule has 0 saturated carbocycles. The van der Waals surface area contributed by atoms with E-state index in [1.165, 1.54) is 12.3 Å². The molecule has 0 fully saturated rings. The third-order valence-electron chi connectivity index (χ3n) is 3.97. The number of aryl methyl sites for hydroxylation is 1. The first kappa shape index (κ1) is 18.3. The number of benzene rings is 1. The van der Waals surface area contributed by atoms with Crippen molar-refractivity contribution in [1.82, 2.24) is 20.6 Å². The number of aromatic nitrogens is 2. The van der Waals surface area contributed by atoms with Gasteiger partial charge in [-0.3, -0.25) is 19.6 Å². The molecule has 2 amide bonds. The van der Waals surface area contributed by atoms with Crippen molar-refractivity contribution in [3.63, 3.8) is 0 Å². The summed E-state index contributed by atoms with van der Waals surface area (Å²) in [5, 5.41) is 5.63. The number of hydrogen-bond donors (Lipinski definition) is 2. The highest BCUT2D eigenvalue weighted by Crippen LogP contribution is 2.06. The number of carbonyl (C=O) groups is 2. The van der Waals surface area contributed by atoms with Crippen molar-refractivity contribution in [3.8, 4) is 0 Å². The maximum absolute atomic E-state index is 12.3. The Morgan fingerprint density at radius 2 is 1.67 bits per heavy atom. The van der Waals surface area contributed by atoms with Crippen molar-refractivity contribution in [2.75, 3.05) is 0 Å². The van der Waals surface area contributed by atoms with Crippen molar-refractivity contribution in [3.05, 3.63) is 95.1 Å². The van der Waals surface area contributed by atoms with E-state index in [2.05, 4.69) is 20.6 Å². The second-order valence-corrected chi connectivity index (χ2v) is 6.15. The molecule has 2 N–H and O–H groups in total. The van der Waals surface area contributed by atoms with E-state index >= 15 is 0 Å². The van der Waals surface area contributed by atoms with Gasteiger partial charge in [0, 0.05) is 37.2 Å². The lowest BCUT2D eigenvalue weighted by molar-refractivity contribution is 0.0946. The molecular weight excluding hydrogens is 340 g/mol. The second-order valence-electron chi connectivity index (χ2n) is 6.15. The standard InChI is InChI=1S/C21H20N4O2/c1-15-4-2-5-16(10-15)13-25-21(27)19-11-18(7-9-23-19)20(26)24-14-17-6-3-8-22-12-17/h2-12H,13-14H2,1H3,(H,24,26)(H,25,27). The highest BCUT2D eigenvalue weighted by Gasteiger charge is 2.12. The molecule has 1 aromatic carbocycles. The molecule has 3 rings (SSSR count). The average Bonchev–Trinajstić information content (AvgIpc) is 2.71. The molecule has 0 radical (unpaired) electrons. The fourth-order valence-corrected chi connectivity index (χ4v) is 2.58. The van der Waals surface area contributed by atoms with Crippen LogP contribution in [0, 0.1) is 6.92 Å². The lowest BCUT2D eigenvalue weighted by Gasteiger charge is -2.08. The minimum atomic E-state index is -0.321. The van der Waals surface area contributed by atoms with E-state index in [4.69, 9.17) is 0 Å². The monoisotopic (exact) mass is 360 g/mol. The van der Waals surface area contributed by atoms with Crippen LogP contribution in [-0.4, -0.2) is 21.8 Å². The summed E-state index contributed by atoms with van der Waals surface area (Å²) < 4.78 is 0. The van der Waals surface area contributed by atoms with Gasteiger partial charge in [-0.2, -0.15) is 0 Å². The van der Waals surface area contributed by atoms with Crippen molar-refractivity contribution in [2.45, 2.75) is 20.0 Å². The Kier molecular flexibility index (Phi) is 5.89. The van der Waals surface area contributed by atoms with Gasteiger partial charge in [0.25, 0.3) is 11.8 Å². The van der Waals surface area contributed by atoms with Crippen LogP contribution < -0.4 is 10.6 Å². The van der Waals surface area contributed by atoms with Crippen LogP contribution in [0.1, 0.15) is 37.5 Å². The van der Waals surface area contributed by atoms with Crippen LogP contribution >= 0.6 is 0 Å². The van der Waals surface area contributed by atoms with Gasteiger partial charge >= 0.3 is 0 Å². The number of carbonyl (C=O) groups excluding carboxylic acids is 2. The summed E-state index contributed by atoms with van der Waals surface area (Å²) in [6.07, 6.45) is 4.83. The first-order valence-corrected chi connectivity index (χ1v) is 8.59. The number of nitrogens with one attached hydrogen (secondary N) is 2. The number of pyridine rings is 2. The van der Waals surface area contributed by atoms with Gasteiger partial charge in [-0.05, 0) is 36.2 Å². The molecule has 0 saturated heterocycles. The van der Waals surface area contributed by atoms with E-state index in [-0.39, 0.29) is 17.5 Å². The predicted octanol–water partition coefficient (Wildman–Crippen LogP) is 2.65. The highest BCUT2D eigenvalue weighted by atomic mass is 16.2. The van der Waals surface area contributed by atoms with Gasteiger partial charge < -0.3 is 10.6 Å². The Hall–Kier alpha value is -3.54. The number of nitrogens with zero attached hydrogens (tertiary/aromatic N) is 2. The minimum Gasteiger partial charge on any atom is -0.348 e. The third-order valence-corrected chi connectivity index (χ3v) is 3.97. The first-order chi connectivity index (χ1) is 13.1. The first-order valence-electron chi connectivity index (χ1n) is 8.59. The molecule has 136 valence electrons. The number of hydrogen-bond acceptors (Lipinski definition) is 4. The van der Waals surface area contributed by atoms with Gasteiger partial charge in [-0.25, -0.2) is 0 Å². The van der Waals surface area contributed by atoms with E-state index in [0.29, 0.717) is 18.7 Å². The van der Waals surface area contributed by atoms with Crippen LogP contribution in [0.2, 0.25) is 0 Å². The third kappa shape index (κ3) is 5.22. The molecule has 6 heteroatoms. The van der Waals surface area contributed by atoms with Crippen molar-refractivity contribution >= 4 is 11.8 Å². The lowest BCUT2D eigenvalue weighted by atomic mass is 10.1. The molecule has 0 aliphatic carbocycles. The summed E-state index contributed by atoms with van der Waals surface area (Å²) >= 11 is 0. The van der Waals surface area contributed by atoms with Crippen LogP contribution in [-0.2, 0) is 13.1 Å². The zero-order chi connectivity index (χ0) is 19.1. The van der Waals surface area contributed by atoms with Gasteiger partial charge in [0.05, 0.1) is 0 Å². The van der Waals surface area contributed by atoms with Crippen LogP contribution in [0.3, 0.4) is 0 Å². The van der Waals surface area contributed by atoms with Gasteiger partial charge in [0.1, 0.15) is 5.69 Å². The average molecular weight is 360 g/mol. The topological polar surface area (TPSA) is 84.0 Å². The van der Waals surface area contributed by atoms with Crippen molar-refractivity contribution in [2.24, 2.45) is 0 Å². The summed E-state index contributed by atoms with van der Waals surface area (Å²) in [4.78, 5) is 32.7. The molecule has 6 nitrogen and oxygen atoms in total. The van der Waals surface area contributed by atoms with E-state index in [1.54, 1.807) is 18.5 Å². The summed E-state index contributed by atoms with van der Waals surface area (Å²) in [5.74, 6) is -0.590. The summed E-state index contributed by atoms with van der Waals surface area (Å²) in [7, 11) is 0. The highest BCUT2D eigenvalue weighted by molar-refractivity contribution is 5.98. The van der Waals surface area contributed by atoms with E-state index < -0.39 is 0 Å². The molecule has 0 aliphatic heterocycles. The lowest BCUT2D eigenvalue weighted by Crippen LogP contribution is -2.26. The van der Waals surface area contributed by atoms with Crippen LogP contribution in [0.4, 0.5) is 0 Å². The molecule has 2 heterocycles. The Balaban J connectivity index is 1.60. The minimum absolute atomic E-state index is 0.205. The van der Waals surface area contributed by atoms with Crippen LogP contribution in [0.5, 0.6) is 0 Å². The predicted molar refractivity (Wildman–Crippen MR) is 102 cm³/mol. The Bertz CT molecular complexity index is 942. The largest absolute Gasteiger partial charge is 0.348 e. The van der Waals surface area contributed by atoms with E-state index in [1.807, 2.05) is 43.3 Å². The second kappa shape index (κ2) is 8.71. The fourth-order valence-electron chi connectivity index (χ4n) is 2.58. The normalized spacial score (nSPS) is 10.3. The maximum atomic E-state index is 12.3. The van der Waals surface area contributed by atoms with E-state index in [9.17, 15) is 9.59 Å². The molecule has 0 spiro atoms. The molecule has 27 heavy (non-hydrogen) atoms. The number of rotatable bonds is 6. The van der Waals surface area contributed by atoms with Gasteiger partial charge in [0.2, 0.25) is 0 Å². The summed E-state index contributed by atoms with van der Waals surface area (Å²) in [6, 6.07) is 14.7. The maximum Gasteiger partial charge on any atom is 0.270 e. The van der Waals surface area contributed by atoms with E-state index in [0.717, 1.165) is 16.7 Å². The van der Waals surface area contributed by atoms with Crippen LogP contribution in [0.25, 0.3) is 0 Å². The summed E-state index contributed by atoms with van der Waals surface area (Å²) in [6.45, 7) is 2.77. The van der Waals surface area contributed by atoms with Crippen molar-refractivity contribution < 1.29 is 9.59 Å². The van der Waals surface area contributed by atoms with Crippen LogP contribution in [0.15, 0.2) is 67.1 Å². The van der Waals surface area contributed by atoms with Gasteiger partial charge in [0.15, 0.2) is 0 Å². The molecule has 2 aromatic heterocycles. The molecule has 0 bridgehead atoms. The molecule has 0 atom stereocenters. The Morgan fingerprint density at radius 3 is 2.44 bits per heavy atom. The molecule has 0 aliphatic rings. The fraction of sp³-hybridized carbons (Fsp3) is 0.143. The smallest absolute Gasteiger partial charge is 0.270 e. The van der Waals surface area contributed by atoms with Gasteiger partial charge in [-0.1, -0.05) is 35.9 Å². The molecule has 3 aromatic rings. The molecule has 0 unspecified atom stereocenters. The quantitative estimate of drug-likeness (QED) is 0.708. The zero-order valence-corrected chi connectivity index (χ0v) is 15.0. The zero-order valence-electron chi connectivity index (χ0n) is 15.0. The Morgan fingerprint density at radius 1 is 0.889 bits per heavy atom. The number of amides is 2. The Labute approximate surface area is 157 Å².